The van der Waals surface area contributed by atoms with Crippen LogP contribution >= 0.6 is 11.8 Å². The van der Waals surface area contributed by atoms with E-state index in [4.69, 9.17) is 9.84 Å². The Balaban J connectivity index is 3.54. The normalized spacial score (nSPS) is 12.1. The van der Waals surface area contributed by atoms with Crippen molar-refractivity contribution >= 4 is 23.7 Å². The van der Waals surface area contributed by atoms with Gasteiger partial charge in [0.25, 0.3) is 0 Å². The molecular weight excluding hydrogens is 264 g/mol. The first-order valence-electron chi connectivity index (χ1n) is 7.05. The van der Waals surface area contributed by atoms with E-state index in [1.54, 1.807) is 0 Å². The molecule has 0 bridgehead atoms. The van der Waals surface area contributed by atoms with Crippen LogP contribution in [0, 0.1) is 5.92 Å². The first-order chi connectivity index (χ1) is 9.10. The van der Waals surface area contributed by atoms with E-state index in [-0.39, 0.29) is 12.4 Å². The zero-order valence-corrected chi connectivity index (χ0v) is 12.8. The summed E-state index contributed by atoms with van der Waals surface area (Å²) in [4.78, 5) is 21.8. The van der Waals surface area contributed by atoms with Crippen LogP contribution < -0.4 is 0 Å². The molecule has 0 saturated carbocycles. The molecular formula is C14H26O4S. The molecule has 112 valence electrons. The lowest BCUT2D eigenvalue weighted by Gasteiger charge is -2.14. The quantitative estimate of drug-likeness (QED) is 0.441. The molecule has 5 heteroatoms. The molecule has 19 heavy (non-hydrogen) atoms. The Kier molecular flexibility index (Phi) is 11.9. The van der Waals surface area contributed by atoms with Gasteiger partial charge in [-0.15, -0.1) is 0 Å². The van der Waals surface area contributed by atoms with Crippen molar-refractivity contribution in [1.29, 1.82) is 0 Å². The molecule has 0 amide bonds. The van der Waals surface area contributed by atoms with E-state index < -0.39 is 5.97 Å². The summed E-state index contributed by atoms with van der Waals surface area (Å²) in [5, 5.41) is 8.46. The predicted molar refractivity (Wildman–Crippen MR) is 78.5 cm³/mol. The first kappa shape index (κ1) is 18.3. The molecule has 0 aromatic heterocycles. The van der Waals surface area contributed by atoms with Crippen LogP contribution in [0.15, 0.2) is 0 Å². The van der Waals surface area contributed by atoms with Crippen molar-refractivity contribution in [2.75, 3.05) is 18.1 Å². The van der Waals surface area contributed by atoms with Gasteiger partial charge in [-0.05, 0) is 12.3 Å². The van der Waals surface area contributed by atoms with Crippen LogP contribution in [-0.2, 0) is 14.3 Å². The number of rotatable bonds is 12. The van der Waals surface area contributed by atoms with Crippen molar-refractivity contribution in [2.24, 2.45) is 5.92 Å². The third-order valence-electron chi connectivity index (χ3n) is 2.93. The molecule has 1 unspecified atom stereocenters. The van der Waals surface area contributed by atoms with E-state index in [0.717, 1.165) is 12.8 Å². The minimum absolute atomic E-state index is 0.147. The number of carbonyl (C=O) groups is 2. The Morgan fingerprint density at radius 3 is 2.47 bits per heavy atom. The molecule has 0 aromatic rings. The molecule has 0 aliphatic rings. The molecule has 0 saturated heterocycles. The molecule has 0 aliphatic carbocycles. The molecule has 0 rings (SSSR count). The third-order valence-corrected chi connectivity index (χ3v) is 3.92. The maximum atomic E-state index is 11.5. The average molecular weight is 290 g/mol. The molecule has 0 heterocycles. The zero-order chi connectivity index (χ0) is 14.5. The van der Waals surface area contributed by atoms with E-state index in [0.29, 0.717) is 30.5 Å². The molecule has 0 aliphatic heterocycles. The SMILES string of the molecule is CCCCC(CC)COC(=O)CCSCCC(=O)O. The Labute approximate surface area is 120 Å². The van der Waals surface area contributed by atoms with Gasteiger partial charge in [-0.2, -0.15) is 11.8 Å². The van der Waals surface area contributed by atoms with Gasteiger partial charge >= 0.3 is 11.9 Å². The number of carbonyl (C=O) groups excluding carboxylic acids is 1. The highest BCUT2D eigenvalue weighted by molar-refractivity contribution is 7.99. The average Bonchev–Trinajstić information content (AvgIpc) is 2.38. The number of unbranched alkanes of at least 4 members (excludes halogenated alkanes) is 1. The largest absolute Gasteiger partial charge is 0.481 e. The summed E-state index contributed by atoms with van der Waals surface area (Å²) >= 11 is 1.48. The standard InChI is InChI=1S/C14H26O4S/c1-3-5-6-12(4-2)11-18-14(17)8-10-19-9-7-13(15)16/h12H,3-11H2,1-2H3,(H,15,16). The zero-order valence-electron chi connectivity index (χ0n) is 12.0. The number of carboxylic acid groups (broad SMARTS) is 1. The highest BCUT2D eigenvalue weighted by atomic mass is 32.2. The highest BCUT2D eigenvalue weighted by Crippen LogP contribution is 2.13. The highest BCUT2D eigenvalue weighted by Gasteiger charge is 2.10. The summed E-state index contributed by atoms with van der Waals surface area (Å²) in [6, 6.07) is 0. The van der Waals surface area contributed by atoms with Crippen molar-refractivity contribution in [3.8, 4) is 0 Å². The second-order valence-corrected chi connectivity index (χ2v) is 5.83. The lowest BCUT2D eigenvalue weighted by Crippen LogP contribution is -2.14. The van der Waals surface area contributed by atoms with E-state index in [9.17, 15) is 9.59 Å². The van der Waals surface area contributed by atoms with E-state index >= 15 is 0 Å². The van der Waals surface area contributed by atoms with E-state index in [1.807, 2.05) is 0 Å². The van der Waals surface area contributed by atoms with Crippen molar-refractivity contribution < 1.29 is 19.4 Å². The second-order valence-electron chi connectivity index (χ2n) is 4.61. The number of ether oxygens (including phenoxy) is 1. The van der Waals surface area contributed by atoms with Crippen molar-refractivity contribution in [2.45, 2.75) is 52.4 Å². The van der Waals surface area contributed by atoms with Gasteiger partial charge < -0.3 is 9.84 Å². The number of thioether (sulfide) groups is 1. The summed E-state index contributed by atoms with van der Waals surface area (Å²) in [6.07, 6.45) is 5.03. The molecule has 1 N–H and O–H groups in total. The fourth-order valence-electron chi connectivity index (χ4n) is 1.60. The Morgan fingerprint density at radius 2 is 1.89 bits per heavy atom. The van der Waals surface area contributed by atoms with Crippen molar-refractivity contribution in [3.05, 3.63) is 0 Å². The number of hydrogen-bond donors (Lipinski definition) is 1. The minimum Gasteiger partial charge on any atom is -0.481 e. The van der Waals surface area contributed by atoms with Gasteiger partial charge in [0.2, 0.25) is 0 Å². The Hall–Kier alpha value is -0.710. The predicted octanol–water partition coefficient (Wildman–Crippen LogP) is 3.34. The maximum absolute atomic E-state index is 11.5. The molecule has 4 nitrogen and oxygen atoms in total. The summed E-state index contributed by atoms with van der Waals surface area (Å²) in [5.41, 5.74) is 0. The molecule has 0 aromatic carbocycles. The topological polar surface area (TPSA) is 63.6 Å². The van der Waals surface area contributed by atoms with E-state index in [2.05, 4.69) is 13.8 Å². The lowest BCUT2D eigenvalue weighted by molar-refractivity contribution is -0.144. The maximum Gasteiger partial charge on any atom is 0.306 e. The van der Waals surface area contributed by atoms with Crippen LogP contribution in [0.1, 0.15) is 52.4 Å². The van der Waals surface area contributed by atoms with Crippen LogP contribution in [0.2, 0.25) is 0 Å². The van der Waals surface area contributed by atoms with Gasteiger partial charge in [-0.1, -0.05) is 33.1 Å². The molecule has 0 fully saturated rings. The number of carboxylic acids is 1. The fraction of sp³-hybridized carbons (Fsp3) is 0.857. The molecule has 0 radical (unpaired) electrons. The number of esters is 1. The molecule has 1 atom stereocenters. The second kappa shape index (κ2) is 12.3. The van der Waals surface area contributed by atoms with Crippen LogP contribution in [0.25, 0.3) is 0 Å². The van der Waals surface area contributed by atoms with E-state index in [1.165, 1.54) is 24.6 Å². The smallest absolute Gasteiger partial charge is 0.306 e. The summed E-state index contributed by atoms with van der Waals surface area (Å²) in [7, 11) is 0. The van der Waals surface area contributed by atoms with Crippen LogP contribution in [-0.4, -0.2) is 35.2 Å². The van der Waals surface area contributed by atoms with Crippen LogP contribution in [0.3, 0.4) is 0 Å². The van der Waals surface area contributed by atoms with Gasteiger partial charge in [-0.25, -0.2) is 0 Å². The first-order valence-corrected chi connectivity index (χ1v) is 8.20. The Morgan fingerprint density at radius 1 is 1.21 bits per heavy atom. The summed E-state index contributed by atoms with van der Waals surface area (Å²) in [5.74, 6) is 0.701. The lowest BCUT2D eigenvalue weighted by atomic mass is 10.0. The molecule has 0 spiro atoms. The Bertz CT molecular complexity index is 256. The van der Waals surface area contributed by atoms with Gasteiger partial charge in [-0.3, -0.25) is 9.59 Å². The number of aliphatic carboxylic acids is 1. The summed E-state index contributed by atoms with van der Waals surface area (Å²) < 4.78 is 5.25. The van der Waals surface area contributed by atoms with Crippen molar-refractivity contribution in [1.82, 2.24) is 0 Å². The van der Waals surface area contributed by atoms with Crippen LogP contribution in [0.5, 0.6) is 0 Å². The number of hydrogen-bond acceptors (Lipinski definition) is 4. The van der Waals surface area contributed by atoms with Crippen molar-refractivity contribution in [3.63, 3.8) is 0 Å². The van der Waals surface area contributed by atoms with Gasteiger partial charge in [0.15, 0.2) is 0 Å². The minimum atomic E-state index is -0.795. The monoisotopic (exact) mass is 290 g/mol. The van der Waals surface area contributed by atoms with Gasteiger partial charge in [0.1, 0.15) is 0 Å². The fourth-order valence-corrected chi connectivity index (χ4v) is 2.43. The summed E-state index contributed by atoms with van der Waals surface area (Å²) in [6.45, 7) is 4.80. The van der Waals surface area contributed by atoms with Gasteiger partial charge in [0.05, 0.1) is 19.4 Å². The third kappa shape index (κ3) is 12.1. The van der Waals surface area contributed by atoms with Gasteiger partial charge in [0, 0.05) is 11.5 Å². The van der Waals surface area contributed by atoms with Crippen LogP contribution in [0.4, 0.5) is 0 Å².